The molecule has 0 aromatic heterocycles. The predicted molar refractivity (Wildman–Crippen MR) is 240 cm³/mol. The smallest absolute Gasteiger partial charge is 0.309 e. The molecule has 2 fully saturated rings. The molecule has 1 aliphatic carbocycles. The van der Waals surface area contributed by atoms with E-state index < -0.39 is 0 Å². The van der Waals surface area contributed by atoms with E-state index in [-0.39, 0.29) is 36.0 Å². The van der Waals surface area contributed by atoms with Crippen molar-refractivity contribution in [1.29, 1.82) is 0 Å². The molecule has 0 spiro atoms. The fraction of sp³-hybridized carbons (Fsp3) is 0.882. The molecule has 1 heterocycles. The SMILES string of the molecule is CCCCCCCC/C=C\CCCCCCCCC(CCCCCCCC/C=C\CCCCCCCC)OC(=O)CC1CCC(OC(=O)C2CCN(C)CC2)C1. The lowest BCUT2D eigenvalue weighted by atomic mass is 9.97. The zero-order valence-electron chi connectivity index (χ0n) is 37.6. The molecule has 0 bridgehead atoms. The van der Waals surface area contributed by atoms with Gasteiger partial charge in [0.25, 0.3) is 0 Å². The van der Waals surface area contributed by atoms with E-state index in [1.165, 1.54) is 167 Å². The lowest BCUT2D eigenvalue weighted by Gasteiger charge is -2.28. The summed E-state index contributed by atoms with van der Waals surface area (Å²) in [5.74, 6) is 0.266. The lowest BCUT2D eigenvalue weighted by molar-refractivity contribution is -0.155. The monoisotopic (exact) mass is 784 g/mol. The minimum Gasteiger partial charge on any atom is -0.462 e. The summed E-state index contributed by atoms with van der Waals surface area (Å²) in [6.45, 7) is 6.50. The van der Waals surface area contributed by atoms with Crippen molar-refractivity contribution in [2.45, 2.75) is 257 Å². The predicted octanol–water partition coefficient (Wildman–Crippen LogP) is 15.2. The van der Waals surface area contributed by atoms with Crippen LogP contribution in [0.5, 0.6) is 0 Å². The topological polar surface area (TPSA) is 55.8 Å². The van der Waals surface area contributed by atoms with Crippen LogP contribution >= 0.6 is 0 Å². The van der Waals surface area contributed by atoms with Gasteiger partial charge in [-0.1, -0.05) is 154 Å². The Morgan fingerprint density at radius 3 is 1.41 bits per heavy atom. The van der Waals surface area contributed by atoms with Crippen molar-refractivity contribution in [3.63, 3.8) is 0 Å². The zero-order chi connectivity index (χ0) is 40.2. The van der Waals surface area contributed by atoms with Crippen LogP contribution in [-0.2, 0) is 19.1 Å². The first-order chi connectivity index (χ1) is 27.5. The van der Waals surface area contributed by atoms with E-state index in [1.54, 1.807) is 0 Å². The molecule has 2 atom stereocenters. The number of unbranched alkanes of at least 4 members (excludes halogenated alkanes) is 24. The first kappa shape index (κ1) is 50.5. The van der Waals surface area contributed by atoms with E-state index in [4.69, 9.17) is 9.47 Å². The summed E-state index contributed by atoms with van der Waals surface area (Å²) >= 11 is 0. The van der Waals surface area contributed by atoms with Crippen molar-refractivity contribution in [3.05, 3.63) is 24.3 Å². The molecule has 5 heteroatoms. The van der Waals surface area contributed by atoms with Crippen LogP contribution in [-0.4, -0.2) is 49.2 Å². The lowest BCUT2D eigenvalue weighted by Crippen LogP contribution is -2.35. The number of hydrogen-bond acceptors (Lipinski definition) is 5. The van der Waals surface area contributed by atoms with Crippen LogP contribution in [0.15, 0.2) is 24.3 Å². The van der Waals surface area contributed by atoms with Gasteiger partial charge in [-0.2, -0.15) is 0 Å². The highest BCUT2D eigenvalue weighted by Gasteiger charge is 2.33. The summed E-state index contributed by atoms with van der Waals surface area (Å²) in [6.07, 6.45) is 53.4. The molecule has 1 saturated carbocycles. The first-order valence-corrected chi connectivity index (χ1v) is 24.9. The quantitative estimate of drug-likeness (QED) is 0.0357. The number of carbonyl (C=O) groups excluding carboxylic acids is 2. The molecule has 326 valence electrons. The van der Waals surface area contributed by atoms with Crippen molar-refractivity contribution in [2.24, 2.45) is 11.8 Å². The molecule has 0 amide bonds. The van der Waals surface area contributed by atoms with Gasteiger partial charge in [0, 0.05) is 6.42 Å². The number of nitrogens with zero attached hydrogens (tertiary/aromatic N) is 1. The van der Waals surface area contributed by atoms with Gasteiger partial charge < -0.3 is 14.4 Å². The molecule has 0 aromatic carbocycles. The van der Waals surface area contributed by atoms with E-state index in [1.807, 2.05) is 0 Å². The Morgan fingerprint density at radius 2 is 0.964 bits per heavy atom. The largest absolute Gasteiger partial charge is 0.462 e. The maximum Gasteiger partial charge on any atom is 0.309 e. The van der Waals surface area contributed by atoms with Gasteiger partial charge >= 0.3 is 11.9 Å². The number of hydrogen-bond donors (Lipinski definition) is 0. The van der Waals surface area contributed by atoms with Crippen LogP contribution in [0.1, 0.15) is 245 Å². The maximum atomic E-state index is 13.2. The molecule has 0 radical (unpaired) electrons. The third-order valence-electron chi connectivity index (χ3n) is 12.7. The van der Waals surface area contributed by atoms with Gasteiger partial charge in [0.15, 0.2) is 0 Å². The summed E-state index contributed by atoms with van der Waals surface area (Å²) in [7, 11) is 2.12. The van der Waals surface area contributed by atoms with Gasteiger partial charge in [-0.3, -0.25) is 9.59 Å². The Kier molecular flexibility index (Phi) is 32.9. The van der Waals surface area contributed by atoms with E-state index >= 15 is 0 Å². The third-order valence-corrected chi connectivity index (χ3v) is 12.7. The van der Waals surface area contributed by atoms with Gasteiger partial charge in [0.05, 0.1) is 5.92 Å². The number of likely N-dealkylation sites (tertiary alicyclic amines) is 1. The average Bonchev–Trinajstić information content (AvgIpc) is 3.63. The second-order valence-electron chi connectivity index (χ2n) is 18.1. The number of allylic oxidation sites excluding steroid dienone is 4. The van der Waals surface area contributed by atoms with Crippen molar-refractivity contribution in [3.8, 4) is 0 Å². The molecule has 2 aliphatic rings. The Labute approximate surface area is 348 Å². The van der Waals surface area contributed by atoms with Gasteiger partial charge in [-0.05, 0) is 135 Å². The molecule has 2 rings (SSSR count). The first-order valence-electron chi connectivity index (χ1n) is 24.9. The Hall–Kier alpha value is -1.62. The average molecular weight is 784 g/mol. The van der Waals surface area contributed by atoms with E-state index in [0.717, 1.165) is 70.9 Å². The van der Waals surface area contributed by atoms with Gasteiger partial charge in [-0.15, -0.1) is 0 Å². The molecule has 5 nitrogen and oxygen atoms in total. The van der Waals surface area contributed by atoms with Crippen molar-refractivity contribution >= 4 is 11.9 Å². The summed E-state index contributed by atoms with van der Waals surface area (Å²) in [4.78, 5) is 28.3. The van der Waals surface area contributed by atoms with Gasteiger partial charge in [0.1, 0.15) is 12.2 Å². The molecule has 0 aromatic rings. The minimum absolute atomic E-state index is 0.0160. The Morgan fingerprint density at radius 1 is 0.554 bits per heavy atom. The summed E-state index contributed by atoms with van der Waals surface area (Å²) in [5.41, 5.74) is 0. The van der Waals surface area contributed by atoms with Gasteiger partial charge in [-0.25, -0.2) is 0 Å². The van der Waals surface area contributed by atoms with Crippen LogP contribution in [0.2, 0.25) is 0 Å². The molecule has 56 heavy (non-hydrogen) atoms. The number of ether oxygens (including phenoxy) is 2. The molecule has 0 N–H and O–H groups in total. The number of esters is 2. The highest BCUT2D eigenvalue weighted by Crippen LogP contribution is 2.32. The van der Waals surface area contributed by atoms with E-state index in [9.17, 15) is 9.59 Å². The summed E-state index contributed by atoms with van der Waals surface area (Å²) in [6, 6.07) is 0. The fourth-order valence-electron chi connectivity index (χ4n) is 8.80. The number of carbonyl (C=O) groups is 2. The highest BCUT2D eigenvalue weighted by atomic mass is 16.5. The molecule has 2 unspecified atom stereocenters. The van der Waals surface area contributed by atoms with Crippen LogP contribution in [0.25, 0.3) is 0 Å². The number of piperidine rings is 1. The second kappa shape index (κ2) is 36.5. The van der Waals surface area contributed by atoms with E-state index in [2.05, 4.69) is 50.1 Å². The highest BCUT2D eigenvalue weighted by molar-refractivity contribution is 5.73. The van der Waals surface area contributed by atoms with Crippen molar-refractivity contribution in [2.75, 3.05) is 20.1 Å². The second-order valence-corrected chi connectivity index (χ2v) is 18.1. The summed E-state index contributed by atoms with van der Waals surface area (Å²) < 4.78 is 12.2. The number of rotatable bonds is 37. The fourth-order valence-corrected chi connectivity index (χ4v) is 8.80. The van der Waals surface area contributed by atoms with Gasteiger partial charge in [0.2, 0.25) is 0 Å². The van der Waals surface area contributed by atoms with Crippen LogP contribution < -0.4 is 0 Å². The Balaban J connectivity index is 1.61. The molecular formula is C51H93NO4. The molecule has 1 saturated heterocycles. The molecular weight excluding hydrogens is 691 g/mol. The Bertz CT molecular complexity index is 927. The van der Waals surface area contributed by atoms with E-state index in [0.29, 0.717) is 6.42 Å². The summed E-state index contributed by atoms with van der Waals surface area (Å²) in [5, 5.41) is 0. The van der Waals surface area contributed by atoms with Crippen molar-refractivity contribution < 1.29 is 19.1 Å². The molecule has 1 aliphatic heterocycles. The van der Waals surface area contributed by atoms with Crippen LogP contribution in [0, 0.1) is 11.8 Å². The standard InChI is InChI=1S/C51H93NO4/c1-4-6-8-10-12-14-16-18-20-22-24-26-28-30-32-34-36-48(37-35-33-31-29-27-25-23-21-19-17-15-13-11-9-7-5-2)55-50(53)45-46-38-39-49(44-46)56-51(54)47-40-42-52(3)43-41-47/h18-21,46-49H,4-17,22-45H2,1-3H3/b20-18-,21-19-. The third kappa shape index (κ3) is 28.7. The van der Waals surface area contributed by atoms with Crippen LogP contribution in [0.4, 0.5) is 0 Å². The zero-order valence-corrected chi connectivity index (χ0v) is 37.6. The normalized spacial score (nSPS) is 18.2. The van der Waals surface area contributed by atoms with Crippen LogP contribution in [0.3, 0.4) is 0 Å². The van der Waals surface area contributed by atoms with Crippen molar-refractivity contribution in [1.82, 2.24) is 4.90 Å². The maximum absolute atomic E-state index is 13.2. The minimum atomic E-state index is -0.0311.